The number of likely N-dealkylation sites (N-methyl/N-ethyl adjacent to an activating group) is 1. The maximum Gasteiger partial charge on any atom is 0.122 e. The fraction of sp³-hybridized carbons (Fsp3) is 0.444. The van der Waals surface area contributed by atoms with Crippen molar-refractivity contribution in [3.8, 4) is 5.75 Å². The van der Waals surface area contributed by atoms with E-state index in [4.69, 9.17) is 4.74 Å². The van der Waals surface area contributed by atoms with Gasteiger partial charge in [-0.15, -0.1) is 11.3 Å². The van der Waals surface area contributed by atoms with Gasteiger partial charge in [-0.3, -0.25) is 4.90 Å². The molecule has 120 valence electrons. The van der Waals surface area contributed by atoms with Crippen molar-refractivity contribution in [2.45, 2.75) is 33.4 Å². The van der Waals surface area contributed by atoms with Crippen molar-refractivity contribution in [1.82, 2.24) is 4.90 Å². The van der Waals surface area contributed by atoms with Crippen molar-refractivity contribution < 1.29 is 9.84 Å². The van der Waals surface area contributed by atoms with Gasteiger partial charge in [-0.2, -0.15) is 0 Å². The van der Waals surface area contributed by atoms with Crippen molar-refractivity contribution in [1.29, 1.82) is 0 Å². The first-order chi connectivity index (χ1) is 10.6. The Kier molecular flexibility index (Phi) is 6.43. The fourth-order valence-corrected chi connectivity index (χ4v) is 3.07. The molecule has 0 saturated carbocycles. The van der Waals surface area contributed by atoms with Crippen LogP contribution in [0.3, 0.4) is 0 Å². The number of benzene rings is 1. The molecular weight excluding hydrogens is 294 g/mol. The van der Waals surface area contributed by atoms with Gasteiger partial charge in [0.05, 0.1) is 0 Å². The number of thiophene rings is 1. The van der Waals surface area contributed by atoms with Crippen molar-refractivity contribution in [3.63, 3.8) is 0 Å². The topological polar surface area (TPSA) is 32.7 Å². The van der Waals surface area contributed by atoms with Crippen LogP contribution in [0.15, 0.2) is 35.7 Å². The Balaban J connectivity index is 1.83. The molecule has 0 aliphatic carbocycles. The third-order valence-electron chi connectivity index (χ3n) is 3.65. The van der Waals surface area contributed by atoms with Gasteiger partial charge in [0.2, 0.25) is 0 Å². The van der Waals surface area contributed by atoms with Crippen LogP contribution in [0.2, 0.25) is 0 Å². The molecule has 2 aromatic rings. The summed E-state index contributed by atoms with van der Waals surface area (Å²) in [5.74, 6) is 0.861. The van der Waals surface area contributed by atoms with Gasteiger partial charge in [0, 0.05) is 18.0 Å². The first-order valence-electron chi connectivity index (χ1n) is 7.71. The highest BCUT2D eigenvalue weighted by atomic mass is 32.1. The standard InChI is InChI=1S/C18H25NO2S/c1-4-19(12-17-6-5-9-22-17)11-16(20)13-21-18-10-14(2)7-8-15(18)3/h5-10,16,20H,4,11-13H2,1-3H3. The van der Waals surface area contributed by atoms with Crippen molar-refractivity contribution >= 4 is 11.3 Å². The number of aryl methyl sites for hydroxylation is 2. The van der Waals surface area contributed by atoms with Gasteiger partial charge in [0.15, 0.2) is 0 Å². The summed E-state index contributed by atoms with van der Waals surface area (Å²) in [5.41, 5.74) is 2.27. The van der Waals surface area contributed by atoms with Crippen LogP contribution in [0.25, 0.3) is 0 Å². The molecule has 0 radical (unpaired) electrons. The van der Waals surface area contributed by atoms with E-state index in [1.165, 1.54) is 10.4 Å². The van der Waals surface area contributed by atoms with E-state index < -0.39 is 6.10 Å². The quantitative estimate of drug-likeness (QED) is 0.806. The Hall–Kier alpha value is -1.36. The monoisotopic (exact) mass is 319 g/mol. The first kappa shape index (κ1) is 17.0. The third kappa shape index (κ3) is 5.13. The van der Waals surface area contributed by atoms with Gasteiger partial charge in [-0.1, -0.05) is 25.1 Å². The Morgan fingerprint density at radius 1 is 1.27 bits per heavy atom. The van der Waals surface area contributed by atoms with E-state index in [0.29, 0.717) is 13.2 Å². The lowest BCUT2D eigenvalue weighted by Gasteiger charge is -2.23. The highest BCUT2D eigenvalue weighted by Crippen LogP contribution is 2.19. The largest absolute Gasteiger partial charge is 0.491 e. The van der Waals surface area contributed by atoms with Crippen LogP contribution in [-0.4, -0.2) is 35.8 Å². The van der Waals surface area contributed by atoms with E-state index in [0.717, 1.165) is 24.4 Å². The number of hydrogen-bond donors (Lipinski definition) is 1. The summed E-state index contributed by atoms with van der Waals surface area (Å²) in [6.07, 6.45) is -0.486. The second kappa shape index (κ2) is 8.32. The van der Waals surface area contributed by atoms with Crippen LogP contribution < -0.4 is 4.74 Å². The summed E-state index contributed by atoms with van der Waals surface area (Å²) < 4.78 is 5.79. The Morgan fingerprint density at radius 2 is 2.09 bits per heavy atom. The first-order valence-corrected chi connectivity index (χ1v) is 8.59. The molecule has 0 aliphatic heterocycles. The zero-order chi connectivity index (χ0) is 15.9. The minimum atomic E-state index is -0.486. The summed E-state index contributed by atoms with van der Waals surface area (Å²) in [6, 6.07) is 10.3. The Labute approximate surface area is 137 Å². The SMILES string of the molecule is CCN(Cc1cccs1)CC(O)COc1cc(C)ccc1C. The number of ether oxygens (including phenoxy) is 1. The molecule has 0 bridgehead atoms. The van der Waals surface area contributed by atoms with Crippen LogP contribution in [-0.2, 0) is 6.54 Å². The van der Waals surface area contributed by atoms with E-state index in [1.54, 1.807) is 11.3 Å². The highest BCUT2D eigenvalue weighted by molar-refractivity contribution is 7.09. The Bertz CT molecular complexity index is 568. The zero-order valence-corrected chi connectivity index (χ0v) is 14.4. The number of aliphatic hydroxyl groups is 1. The fourth-order valence-electron chi connectivity index (χ4n) is 2.33. The molecule has 0 aliphatic rings. The van der Waals surface area contributed by atoms with Gasteiger partial charge in [0.25, 0.3) is 0 Å². The summed E-state index contributed by atoms with van der Waals surface area (Å²) in [6.45, 7) is 8.93. The number of hydrogen-bond acceptors (Lipinski definition) is 4. The maximum absolute atomic E-state index is 10.2. The molecule has 0 amide bonds. The molecule has 4 heteroatoms. The van der Waals surface area contributed by atoms with E-state index >= 15 is 0 Å². The molecule has 0 fully saturated rings. The molecule has 0 spiro atoms. The lowest BCUT2D eigenvalue weighted by atomic mass is 10.1. The van der Waals surface area contributed by atoms with Crippen LogP contribution in [0.5, 0.6) is 5.75 Å². The third-order valence-corrected chi connectivity index (χ3v) is 4.51. The second-order valence-electron chi connectivity index (χ2n) is 5.64. The lowest BCUT2D eigenvalue weighted by Crippen LogP contribution is -2.35. The minimum absolute atomic E-state index is 0.325. The van der Waals surface area contributed by atoms with E-state index in [1.807, 2.05) is 26.0 Å². The van der Waals surface area contributed by atoms with Crippen molar-refractivity contribution in [2.24, 2.45) is 0 Å². The average Bonchev–Trinajstić information content (AvgIpc) is 3.00. The molecule has 1 aromatic heterocycles. The van der Waals surface area contributed by atoms with Gasteiger partial charge < -0.3 is 9.84 Å². The van der Waals surface area contributed by atoms with Gasteiger partial charge in [-0.25, -0.2) is 0 Å². The molecule has 22 heavy (non-hydrogen) atoms. The summed E-state index contributed by atoms with van der Waals surface area (Å²) >= 11 is 1.75. The van der Waals surface area contributed by atoms with Gasteiger partial charge in [-0.05, 0) is 49.0 Å². The molecule has 2 rings (SSSR count). The van der Waals surface area contributed by atoms with E-state index in [2.05, 4.69) is 35.4 Å². The summed E-state index contributed by atoms with van der Waals surface area (Å²) in [5, 5.41) is 12.3. The molecule has 1 unspecified atom stereocenters. The maximum atomic E-state index is 10.2. The molecule has 3 nitrogen and oxygen atoms in total. The van der Waals surface area contributed by atoms with E-state index in [-0.39, 0.29) is 0 Å². The second-order valence-corrected chi connectivity index (χ2v) is 6.67. The number of nitrogens with zero attached hydrogens (tertiary/aromatic N) is 1. The number of rotatable bonds is 8. The van der Waals surface area contributed by atoms with Gasteiger partial charge >= 0.3 is 0 Å². The van der Waals surface area contributed by atoms with Crippen molar-refractivity contribution in [2.75, 3.05) is 19.7 Å². The highest BCUT2D eigenvalue weighted by Gasteiger charge is 2.12. The van der Waals surface area contributed by atoms with Gasteiger partial charge in [0.1, 0.15) is 18.5 Å². The molecule has 0 saturated heterocycles. The molecule has 1 heterocycles. The van der Waals surface area contributed by atoms with Crippen LogP contribution in [0, 0.1) is 13.8 Å². The summed E-state index contributed by atoms with van der Waals surface area (Å²) in [7, 11) is 0. The van der Waals surface area contributed by atoms with Crippen molar-refractivity contribution in [3.05, 3.63) is 51.7 Å². The molecule has 1 atom stereocenters. The van der Waals surface area contributed by atoms with Crippen LogP contribution in [0.4, 0.5) is 0 Å². The zero-order valence-electron chi connectivity index (χ0n) is 13.6. The van der Waals surface area contributed by atoms with Crippen LogP contribution in [0.1, 0.15) is 22.9 Å². The molecule has 1 N–H and O–H groups in total. The smallest absolute Gasteiger partial charge is 0.122 e. The van der Waals surface area contributed by atoms with E-state index in [9.17, 15) is 5.11 Å². The summed E-state index contributed by atoms with van der Waals surface area (Å²) in [4.78, 5) is 3.56. The predicted octanol–water partition coefficient (Wildman–Crippen LogP) is 3.63. The normalized spacial score (nSPS) is 12.6. The Morgan fingerprint density at radius 3 is 2.77 bits per heavy atom. The van der Waals surface area contributed by atoms with Crippen LogP contribution >= 0.6 is 11.3 Å². The minimum Gasteiger partial charge on any atom is -0.491 e. The number of aliphatic hydroxyl groups excluding tert-OH is 1. The molecular formula is C18H25NO2S. The molecule has 1 aromatic carbocycles. The average molecular weight is 319 g/mol. The predicted molar refractivity (Wildman–Crippen MR) is 92.7 cm³/mol. The lowest BCUT2D eigenvalue weighted by molar-refractivity contribution is 0.0675.